The number of nitrogens with one attached hydrogen (secondary N) is 1. The van der Waals surface area contributed by atoms with Gasteiger partial charge in [-0.25, -0.2) is 8.42 Å². The van der Waals surface area contributed by atoms with Gasteiger partial charge in [0, 0.05) is 18.5 Å². The average molecular weight is 626 g/mol. The van der Waals surface area contributed by atoms with Crippen LogP contribution in [0.3, 0.4) is 0 Å². The van der Waals surface area contributed by atoms with E-state index in [2.05, 4.69) is 5.32 Å². The van der Waals surface area contributed by atoms with Crippen LogP contribution >= 0.6 is 0 Å². The van der Waals surface area contributed by atoms with Gasteiger partial charge in [0.25, 0.3) is 10.0 Å². The van der Waals surface area contributed by atoms with Crippen molar-refractivity contribution in [2.75, 3.05) is 10.8 Å². The average Bonchev–Trinajstić information content (AvgIpc) is 2.99. The third-order valence-electron chi connectivity index (χ3n) is 7.45. The Morgan fingerprint density at radius 1 is 0.711 bits per heavy atom. The van der Waals surface area contributed by atoms with Crippen LogP contribution in [-0.4, -0.2) is 43.3 Å². The summed E-state index contributed by atoms with van der Waals surface area (Å²) in [5.41, 5.74) is 4.48. The van der Waals surface area contributed by atoms with E-state index in [0.29, 0.717) is 5.69 Å². The molecule has 4 aromatic rings. The summed E-state index contributed by atoms with van der Waals surface area (Å²) in [6.45, 7) is 11.1. The molecule has 1 N–H and O–H groups in total. The number of anilines is 1. The van der Waals surface area contributed by atoms with Crippen molar-refractivity contribution in [1.29, 1.82) is 0 Å². The summed E-state index contributed by atoms with van der Waals surface area (Å²) in [5.74, 6) is -0.799. The second kappa shape index (κ2) is 14.1. The zero-order chi connectivity index (χ0) is 32.8. The highest BCUT2D eigenvalue weighted by molar-refractivity contribution is 7.92. The predicted octanol–water partition coefficient (Wildman–Crippen LogP) is 6.36. The van der Waals surface area contributed by atoms with Gasteiger partial charge in [-0.2, -0.15) is 0 Å². The van der Waals surface area contributed by atoms with E-state index in [1.54, 1.807) is 36.4 Å². The molecular weight excluding hydrogens is 582 g/mol. The minimum Gasteiger partial charge on any atom is -0.350 e. The topological polar surface area (TPSA) is 86.8 Å². The fraction of sp³-hybridized carbons (Fsp3) is 0.297. The summed E-state index contributed by atoms with van der Waals surface area (Å²) in [7, 11) is -4.14. The maximum Gasteiger partial charge on any atom is 0.264 e. The van der Waals surface area contributed by atoms with Crippen molar-refractivity contribution in [3.8, 4) is 0 Å². The number of benzene rings is 4. The monoisotopic (exact) mass is 625 g/mol. The fourth-order valence-corrected chi connectivity index (χ4v) is 6.39. The van der Waals surface area contributed by atoms with E-state index >= 15 is 0 Å². The van der Waals surface area contributed by atoms with Crippen molar-refractivity contribution in [3.05, 3.63) is 131 Å². The highest BCUT2D eigenvalue weighted by Gasteiger charge is 2.35. The van der Waals surface area contributed by atoms with Crippen LogP contribution in [0, 0.1) is 20.8 Å². The molecule has 4 aromatic carbocycles. The Hall–Kier alpha value is -4.43. The number of rotatable bonds is 11. The van der Waals surface area contributed by atoms with E-state index in [1.165, 1.54) is 4.90 Å². The number of hydrogen-bond acceptors (Lipinski definition) is 4. The SMILES string of the molecule is Cc1ccc(CN(C(=O)CN(c2ccc(C)cc2)S(=O)(=O)c2ccc(C)cc2)C(Cc2ccccc2)C(=O)NC(C)(C)C)cc1. The molecule has 0 radical (unpaired) electrons. The van der Waals surface area contributed by atoms with Gasteiger partial charge in [-0.1, -0.05) is 95.6 Å². The van der Waals surface area contributed by atoms with Crippen molar-refractivity contribution < 1.29 is 18.0 Å². The van der Waals surface area contributed by atoms with Crippen molar-refractivity contribution in [3.63, 3.8) is 0 Å². The molecule has 4 rings (SSSR count). The molecule has 0 aliphatic carbocycles. The molecule has 0 aliphatic rings. The molecule has 0 saturated carbocycles. The Morgan fingerprint density at radius 2 is 1.22 bits per heavy atom. The lowest BCUT2D eigenvalue weighted by Gasteiger charge is -2.35. The van der Waals surface area contributed by atoms with Crippen LogP contribution in [0.15, 0.2) is 108 Å². The second-order valence-electron chi connectivity index (χ2n) is 12.6. The maximum absolute atomic E-state index is 14.5. The van der Waals surface area contributed by atoms with Crippen LogP contribution in [0.5, 0.6) is 0 Å². The Labute approximate surface area is 268 Å². The van der Waals surface area contributed by atoms with E-state index in [4.69, 9.17) is 0 Å². The van der Waals surface area contributed by atoms with Gasteiger partial charge in [-0.3, -0.25) is 13.9 Å². The van der Waals surface area contributed by atoms with Crippen molar-refractivity contribution >= 4 is 27.5 Å². The smallest absolute Gasteiger partial charge is 0.264 e. The van der Waals surface area contributed by atoms with Gasteiger partial charge in [0.1, 0.15) is 12.6 Å². The first kappa shape index (κ1) is 33.5. The van der Waals surface area contributed by atoms with E-state index in [9.17, 15) is 18.0 Å². The largest absolute Gasteiger partial charge is 0.350 e. The van der Waals surface area contributed by atoms with Crippen LogP contribution in [0.25, 0.3) is 0 Å². The molecule has 1 atom stereocenters. The number of aryl methyl sites for hydroxylation is 3. The van der Waals surface area contributed by atoms with Crippen LogP contribution in [0.1, 0.15) is 48.6 Å². The van der Waals surface area contributed by atoms with Crippen molar-refractivity contribution in [2.45, 2.75) is 71.0 Å². The maximum atomic E-state index is 14.5. The summed E-state index contributed by atoms with van der Waals surface area (Å²) in [6.07, 6.45) is 0.260. The van der Waals surface area contributed by atoms with Crippen molar-refractivity contribution in [2.24, 2.45) is 0 Å². The first-order chi connectivity index (χ1) is 21.2. The normalized spacial score (nSPS) is 12.3. The molecule has 2 amide bonds. The Kier molecular flexibility index (Phi) is 10.5. The van der Waals surface area contributed by atoms with Gasteiger partial charge in [0.2, 0.25) is 11.8 Å². The van der Waals surface area contributed by atoms with Crippen LogP contribution in [0.4, 0.5) is 5.69 Å². The molecule has 0 fully saturated rings. The molecule has 1 unspecified atom stereocenters. The number of hydrogen-bond donors (Lipinski definition) is 1. The highest BCUT2D eigenvalue weighted by Crippen LogP contribution is 2.26. The number of carbonyl (C=O) groups excluding carboxylic acids is 2. The molecule has 0 bridgehead atoms. The van der Waals surface area contributed by atoms with Gasteiger partial charge in [-0.15, -0.1) is 0 Å². The molecule has 0 aromatic heterocycles. The lowest BCUT2D eigenvalue weighted by atomic mass is 10.0. The van der Waals surface area contributed by atoms with E-state index in [1.807, 2.05) is 108 Å². The molecule has 0 heterocycles. The second-order valence-corrected chi connectivity index (χ2v) is 14.5. The van der Waals surface area contributed by atoms with E-state index in [-0.39, 0.29) is 23.8 Å². The number of sulfonamides is 1. The summed E-state index contributed by atoms with van der Waals surface area (Å²) in [5, 5.41) is 3.06. The van der Waals surface area contributed by atoms with Gasteiger partial charge in [-0.05, 0) is 76.9 Å². The highest BCUT2D eigenvalue weighted by atomic mass is 32.2. The molecular formula is C37H43N3O4S. The lowest BCUT2D eigenvalue weighted by Crippen LogP contribution is -2.56. The summed E-state index contributed by atoms with van der Waals surface area (Å²) in [4.78, 5) is 30.1. The first-order valence-electron chi connectivity index (χ1n) is 15.1. The molecule has 0 saturated heterocycles. The van der Waals surface area contributed by atoms with E-state index < -0.39 is 34.1 Å². The van der Waals surface area contributed by atoms with E-state index in [0.717, 1.165) is 32.1 Å². The number of nitrogens with zero attached hydrogens (tertiary/aromatic N) is 2. The summed E-state index contributed by atoms with van der Waals surface area (Å²) in [6, 6.07) is 30.0. The lowest BCUT2D eigenvalue weighted by molar-refractivity contribution is -0.140. The van der Waals surface area contributed by atoms with Gasteiger partial charge >= 0.3 is 0 Å². The predicted molar refractivity (Wildman–Crippen MR) is 180 cm³/mol. The number of carbonyl (C=O) groups is 2. The first-order valence-corrected chi connectivity index (χ1v) is 16.5. The number of amides is 2. The van der Waals surface area contributed by atoms with Crippen LogP contribution in [0.2, 0.25) is 0 Å². The fourth-order valence-electron chi connectivity index (χ4n) is 4.97. The quantitative estimate of drug-likeness (QED) is 0.210. The van der Waals surface area contributed by atoms with Crippen molar-refractivity contribution in [1.82, 2.24) is 10.2 Å². The molecule has 0 aliphatic heterocycles. The Balaban J connectivity index is 1.81. The zero-order valence-electron chi connectivity index (χ0n) is 26.9. The zero-order valence-corrected chi connectivity index (χ0v) is 27.8. The molecule has 0 spiro atoms. The van der Waals surface area contributed by atoms with Crippen LogP contribution in [-0.2, 0) is 32.6 Å². The molecule has 8 heteroatoms. The minimum absolute atomic E-state index is 0.0814. The third kappa shape index (κ3) is 9.05. The summed E-state index contributed by atoms with van der Waals surface area (Å²) < 4.78 is 29.4. The van der Waals surface area contributed by atoms with Gasteiger partial charge in [0.05, 0.1) is 10.6 Å². The molecule has 7 nitrogen and oxygen atoms in total. The van der Waals surface area contributed by atoms with Gasteiger partial charge in [0.15, 0.2) is 0 Å². The van der Waals surface area contributed by atoms with Gasteiger partial charge < -0.3 is 10.2 Å². The minimum atomic E-state index is -4.14. The standard InChI is InChI=1S/C37H43N3O4S/c1-27-12-18-31(19-13-27)25-39(34(36(42)38-37(4,5)6)24-30-10-8-7-9-11-30)35(41)26-40(32-20-14-28(2)15-21-32)45(43,44)33-22-16-29(3)17-23-33/h7-23,34H,24-26H2,1-6H3,(H,38,42). The van der Waals surface area contributed by atoms with Crippen LogP contribution < -0.4 is 9.62 Å². The molecule has 45 heavy (non-hydrogen) atoms. The molecule has 236 valence electrons. The summed E-state index contributed by atoms with van der Waals surface area (Å²) >= 11 is 0. The Bertz CT molecular complexity index is 1700. The Morgan fingerprint density at radius 3 is 1.76 bits per heavy atom. The third-order valence-corrected chi connectivity index (χ3v) is 9.24.